The maximum absolute atomic E-state index is 11.9. The van der Waals surface area contributed by atoms with Gasteiger partial charge in [0.25, 0.3) is 5.91 Å². The molecule has 0 aliphatic heterocycles. The lowest BCUT2D eigenvalue weighted by Gasteiger charge is -2.15. The first-order valence-electron chi connectivity index (χ1n) is 7.41. The molecule has 0 radical (unpaired) electrons. The first-order chi connectivity index (χ1) is 10.6. The Morgan fingerprint density at radius 2 is 1.86 bits per heavy atom. The molecule has 0 heterocycles. The lowest BCUT2D eigenvalue weighted by atomic mass is 9.98. The second-order valence-corrected chi connectivity index (χ2v) is 5.20. The molecular weight excluding hydrogens is 278 g/mol. The molecule has 0 saturated carbocycles. The van der Waals surface area contributed by atoms with Crippen LogP contribution in [0.15, 0.2) is 48.5 Å². The highest BCUT2D eigenvalue weighted by Gasteiger charge is 2.11. The smallest absolute Gasteiger partial charge is 0.262 e. The standard InChI is InChI=1S/C18H21NO3/c1-3-13(2)14-8-4-7-11-17(14)22-12-18(21)19-15-9-5-6-10-16(15)20/h4-11,13,20H,3,12H2,1-2H3,(H,19,21)/t13-/m0/s1. The van der Waals surface area contributed by atoms with Crippen LogP contribution in [0.1, 0.15) is 31.7 Å². The zero-order chi connectivity index (χ0) is 15.9. The number of nitrogens with one attached hydrogen (secondary N) is 1. The summed E-state index contributed by atoms with van der Waals surface area (Å²) < 4.78 is 5.64. The lowest BCUT2D eigenvalue weighted by Crippen LogP contribution is -2.20. The number of amides is 1. The van der Waals surface area contributed by atoms with E-state index in [1.807, 2.05) is 24.3 Å². The van der Waals surface area contributed by atoms with Crippen molar-refractivity contribution in [3.8, 4) is 11.5 Å². The van der Waals surface area contributed by atoms with E-state index >= 15 is 0 Å². The van der Waals surface area contributed by atoms with Crippen molar-refractivity contribution in [2.75, 3.05) is 11.9 Å². The summed E-state index contributed by atoms with van der Waals surface area (Å²) in [5.41, 5.74) is 1.48. The third-order valence-corrected chi connectivity index (χ3v) is 3.60. The number of carbonyl (C=O) groups is 1. The average molecular weight is 299 g/mol. The van der Waals surface area contributed by atoms with Crippen LogP contribution in [-0.2, 0) is 4.79 Å². The maximum atomic E-state index is 11.9. The van der Waals surface area contributed by atoms with Gasteiger partial charge in [-0.3, -0.25) is 4.79 Å². The van der Waals surface area contributed by atoms with Gasteiger partial charge in [-0.15, -0.1) is 0 Å². The number of ether oxygens (including phenoxy) is 1. The Morgan fingerprint density at radius 1 is 1.18 bits per heavy atom. The molecule has 0 aromatic heterocycles. The topological polar surface area (TPSA) is 58.6 Å². The number of carbonyl (C=O) groups excluding carboxylic acids is 1. The molecule has 0 bridgehead atoms. The first-order valence-corrected chi connectivity index (χ1v) is 7.41. The van der Waals surface area contributed by atoms with Gasteiger partial charge in [0.1, 0.15) is 11.5 Å². The van der Waals surface area contributed by atoms with Crippen LogP contribution in [0, 0.1) is 0 Å². The van der Waals surface area contributed by atoms with E-state index in [0.717, 1.165) is 17.7 Å². The molecule has 0 unspecified atom stereocenters. The summed E-state index contributed by atoms with van der Waals surface area (Å²) in [4.78, 5) is 11.9. The predicted octanol–water partition coefficient (Wildman–Crippen LogP) is 3.92. The number of hydrogen-bond acceptors (Lipinski definition) is 3. The summed E-state index contributed by atoms with van der Waals surface area (Å²) in [7, 11) is 0. The van der Waals surface area contributed by atoms with Gasteiger partial charge < -0.3 is 15.2 Å². The Kier molecular flexibility index (Phi) is 5.42. The molecular formula is C18H21NO3. The van der Waals surface area contributed by atoms with Crippen molar-refractivity contribution in [2.45, 2.75) is 26.2 Å². The van der Waals surface area contributed by atoms with Gasteiger partial charge in [0.15, 0.2) is 6.61 Å². The largest absolute Gasteiger partial charge is 0.506 e. The molecule has 4 heteroatoms. The molecule has 2 aromatic carbocycles. The van der Waals surface area contributed by atoms with Crippen molar-refractivity contribution >= 4 is 11.6 Å². The van der Waals surface area contributed by atoms with Crippen LogP contribution in [0.25, 0.3) is 0 Å². The Morgan fingerprint density at radius 3 is 2.59 bits per heavy atom. The molecule has 116 valence electrons. The molecule has 2 rings (SSSR count). The van der Waals surface area contributed by atoms with Gasteiger partial charge in [-0.05, 0) is 36.1 Å². The normalized spacial score (nSPS) is 11.7. The van der Waals surface area contributed by atoms with E-state index in [-0.39, 0.29) is 18.3 Å². The maximum Gasteiger partial charge on any atom is 0.262 e. The Labute approximate surface area is 130 Å². The number of anilines is 1. The molecule has 0 aliphatic carbocycles. The minimum absolute atomic E-state index is 0.0378. The third-order valence-electron chi connectivity index (χ3n) is 3.60. The van der Waals surface area contributed by atoms with Gasteiger partial charge in [0.05, 0.1) is 5.69 Å². The van der Waals surface area contributed by atoms with Crippen LogP contribution in [0.4, 0.5) is 5.69 Å². The number of rotatable bonds is 6. The summed E-state index contributed by atoms with van der Waals surface area (Å²) in [6, 6.07) is 14.4. The van der Waals surface area contributed by atoms with Crippen LogP contribution in [0.5, 0.6) is 11.5 Å². The molecule has 2 aromatic rings. The van der Waals surface area contributed by atoms with Gasteiger partial charge in [-0.25, -0.2) is 0 Å². The highest BCUT2D eigenvalue weighted by atomic mass is 16.5. The zero-order valence-electron chi connectivity index (χ0n) is 12.9. The molecule has 4 nitrogen and oxygen atoms in total. The molecule has 22 heavy (non-hydrogen) atoms. The van der Waals surface area contributed by atoms with Crippen molar-refractivity contribution in [2.24, 2.45) is 0 Å². The fourth-order valence-corrected chi connectivity index (χ4v) is 2.15. The zero-order valence-corrected chi connectivity index (χ0v) is 12.9. The van der Waals surface area contributed by atoms with Gasteiger partial charge >= 0.3 is 0 Å². The number of hydrogen-bond donors (Lipinski definition) is 2. The summed E-state index contributed by atoms with van der Waals surface area (Å²) in [6.07, 6.45) is 1.00. The van der Waals surface area contributed by atoms with Crippen LogP contribution in [0.3, 0.4) is 0 Å². The number of benzene rings is 2. The Balaban J connectivity index is 1.99. The van der Waals surface area contributed by atoms with Gasteiger partial charge in [-0.2, -0.15) is 0 Å². The second kappa shape index (κ2) is 7.50. The van der Waals surface area contributed by atoms with E-state index in [2.05, 4.69) is 19.2 Å². The highest BCUT2D eigenvalue weighted by molar-refractivity contribution is 5.93. The molecule has 1 atom stereocenters. The summed E-state index contributed by atoms with van der Waals surface area (Å²) in [6.45, 7) is 4.15. The quantitative estimate of drug-likeness (QED) is 0.795. The van der Waals surface area contributed by atoms with Crippen molar-refractivity contribution in [3.63, 3.8) is 0 Å². The van der Waals surface area contributed by atoms with Crippen LogP contribution in [-0.4, -0.2) is 17.6 Å². The SMILES string of the molecule is CC[C@H](C)c1ccccc1OCC(=O)Nc1ccccc1O. The third kappa shape index (κ3) is 4.01. The number of phenols is 1. The summed E-state index contributed by atoms with van der Waals surface area (Å²) in [5, 5.41) is 12.3. The van der Waals surface area contributed by atoms with Gasteiger partial charge in [-0.1, -0.05) is 44.2 Å². The molecule has 0 spiro atoms. The monoisotopic (exact) mass is 299 g/mol. The summed E-state index contributed by atoms with van der Waals surface area (Å²) in [5.74, 6) is 0.832. The van der Waals surface area contributed by atoms with E-state index in [0.29, 0.717) is 11.6 Å². The molecule has 0 saturated heterocycles. The molecule has 0 fully saturated rings. The fraction of sp³-hybridized carbons (Fsp3) is 0.278. The van der Waals surface area contributed by atoms with Crippen LogP contribution >= 0.6 is 0 Å². The predicted molar refractivity (Wildman–Crippen MR) is 87.4 cm³/mol. The Hall–Kier alpha value is -2.49. The van der Waals surface area contributed by atoms with E-state index in [1.165, 1.54) is 6.07 Å². The molecule has 1 amide bonds. The van der Waals surface area contributed by atoms with Crippen molar-refractivity contribution < 1.29 is 14.6 Å². The van der Waals surface area contributed by atoms with Gasteiger partial charge in [0.2, 0.25) is 0 Å². The first kappa shape index (κ1) is 15.9. The Bertz CT molecular complexity index is 640. The van der Waals surface area contributed by atoms with Crippen molar-refractivity contribution in [1.29, 1.82) is 0 Å². The summed E-state index contributed by atoms with van der Waals surface area (Å²) >= 11 is 0. The number of aromatic hydroxyl groups is 1. The minimum atomic E-state index is -0.305. The van der Waals surface area contributed by atoms with E-state index in [4.69, 9.17) is 4.74 Å². The average Bonchev–Trinajstić information content (AvgIpc) is 2.54. The van der Waals surface area contributed by atoms with E-state index < -0.39 is 0 Å². The highest BCUT2D eigenvalue weighted by Crippen LogP contribution is 2.28. The van der Waals surface area contributed by atoms with E-state index in [9.17, 15) is 9.90 Å². The fourth-order valence-electron chi connectivity index (χ4n) is 2.15. The number of phenolic OH excluding ortho intramolecular Hbond substituents is 1. The molecule has 0 aliphatic rings. The second-order valence-electron chi connectivity index (χ2n) is 5.20. The van der Waals surface area contributed by atoms with Crippen LogP contribution in [0.2, 0.25) is 0 Å². The van der Waals surface area contributed by atoms with Crippen molar-refractivity contribution in [1.82, 2.24) is 0 Å². The minimum Gasteiger partial charge on any atom is -0.506 e. The van der Waals surface area contributed by atoms with Crippen molar-refractivity contribution in [3.05, 3.63) is 54.1 Å². The van der Waals surface area contributed by atoms with Gasteiger partial charge in [0, 0.05) is 0 Å². The van der Waals surface area contributed by atoms with Crippen LogP contribution < -0.4 is 10.1 Å². The lowest BCUT2D eigenvalue weighted by molar-refractivity contribution is -0.118. The number of para-hydroxylation sites is 3. The van der Waals surface area contributed by atoms with E-state index in [1.54, 1.807) is 18.2 Å². The molecule has 2 N–H and O–H groups in total.